The van der Waals surface area contributed by atoms with Gasteiger partial charge in [0, 0.05) is 17.6 Å². The molecular weight excluding hydrogens is 318 g/mol. The molecule has 0 saturated heterocycles. The number of rotatable bonds is 5. The molecule has 4 nitrogen and oxygen atoms in total. The molecule has 0 radical (unpaired) electrons. The third-order valence-electron chi connectivity index (χ3n) is 2.80. The lowest BCUT2D eigenvalue weighted by molar-refractivity contribution is 0.306. The molecule has 114 valence electrons. The highest BCUT2D eigenvalue weighted by molar-refractivity contribution is 7.80. The number of hydrazone groups is 1. The maximum Gasteiger partial charge on any atom is 0.186 e. The fourth-order valence-corrected chi connectivity index (χ4v) is 1.99. The van der Waals surface area contributed by atoms with Crippen LogP contribution in [0.1, 0.15) is 11.1 Å². The first kappa shape index (κ1) is 16.3. The number of ether oxygens (including phenoxy) is 1. The summed E-state index contributed by atoms with van der Waals surface area (Å²) < 4.78 is 5.84. The van der Waals surface area contributed by atoms with Crippen molar-refractivity contribution in [1.82, 2.24) is 10.7 Å². The van der Waals surface area contributed by atoms with E-state index in [1.54, 1.807) is 13.3 Å². The third-order valence-corrected chi connectivity index (χ3v) is 3.33. The molecule has 6 heteroatoms. The average Bonchev–Trinajstić information content (AvgIpc) is 2.54. The molecular formula is C16H16ClN3OS. The van der Waals surface area contributed by atoms with Gasteiger partial charge in [-0.2, -0.15) is 5.10 Å². The van der Waals surface area contributed by atoms with Crippen LogP contribution in [0.5, 0.6) is 5.75 Å². The van der Waals surface area contributed by atoms with Crippen molar-refractivity contribution in [1.29, 1.82) is 0 Å². The van der Waals surface area contributed by atoms with E-state index in [0.717, 1.165) is 16.9 Å². The van der Waals surface area contributed by atoms with E-state index in [4.69, 9.17) is 28.6 Å². The van der Waals surface area contributed by atoms with Crippen LogP contribution in [0, 0.1) is 0 Å². The molecule has 0 spiro atoms. The Kier molecular flexibility index (Phi) is 6.18. The van der Waals surface area contributed by atoms with Gasteiger partial charge in [0.05, 0.1) is 6.21 Å². The summed E-state index contributed by atoms with van der Waals surface area (Å²) in [6.45, 7) is 0.438. The number of benzene rings is 2. The minimum Gasteiger partial charge on any atom is -0.488 e. The van der Waals surface area contributed by atoms with Crippen LogP contribution in [0.25, 0.3) is 0 Å². The molecule has 2 aromatic rings. The molecule has 0 heterocycles. The molecule has 0 unspecified atom stereocenters. The fraction of sp³-hybridized carbons (Fsp3) is 0.125. The van der Waals surface area contributed by atoms with Gasteiger partial charge in [-0.1, -0.05) is 35.9 Å². The van der Waals surface area contributed by atoms with Crippen LogP contribution in [0.2, 0.25) is 5.02 Å². The Morgan fingerprint density at radius 3 is 2.86 bits per heavy atom. The Hall–Kier alpha value is -2.11. The van der Waals surface area contributed by atoms with E-state index < -0.39 is 0 Å². The number of halogens is 1. The Morgan fingerprint density at radius 2 is 2.09 bits per heavy atom. The van der Waals surface area contributed by atoms with E-state index >= 15 is 0 Å². The monoisotopic (exact) mass is 333 g/mol. The summed E-state index contributed by atoms with van der Waals surface area (Å²) in [6.07, 6.45) is 1.66. The van der Waals surface area contributed by atoms with E-state index in [1.807, 2.05) is 48.5 Å². The average molecular weight is 334 g/mol. The first-order valence-electron chi connectivity index (χ1n) is 6.66. The highest BCUT2D eigenvalue weighted by Gasteiger charge is 2.02. The van der Waals surface area contributed by atoms with E-state index in [0.29, 0.717) is 16.7 Å². The lowest BCUT2D eigenvalue weighted by Crippen LogP contribution is -2.28. The van der Waals surface area contributed by atoms with E-state index in [2.05, 4.69) is 15.8 Å². The number of para-hydroxylation sites is 1. The molecule has 22 heavy (non-hydrogen) atoms. The summed E-state index contributed by atoms with van der Waals surface area (Å²) in [4.78, 5) is 0. The number of nitrogens with zero attached hydrogens (tertiary/aromatic N) is 1. The van der Waals surface area contributed by atoms with Crippen molar-refractivity contribution in [3.63, 3.8) is 0 Å². The Balaban J connectivity index is 2.03. The van der Waals surface area contributed by atoms with Crippen molar-refractivity contribution in [2.75, 3.05) is 7.05 Å². The highest BCUT2D eigenvalue weighted by atomic mass is 35.5. The first-order chi connectivity index (χ1) is 10.7. The van der Waals surface area contributed by atoms with Gasteiger partial charge in [-0.15, -0.1) is 0 Å². The molecule has 0 atom stereocenters. The van der Waals surface area contributed by atoms with Crippen molar-refractivity contribution in [2.24, 2.45) is 5.10 Å². The predicted octanol–water partition coefficient (Wildman–Crippen LogP) is 3.35. The van der Waals surface area contributed by atoms with Crippen LogP contribution >= 0.6 is 23.8 Å². The molecule has 0 bridgehead atoms. The van der Waals surface area contributed by atoms with Crippen LogP contribution in [0.4, 0.5) is 0 Å². The molecule has 2 N–H and O–H groups in total. The molecule has 0 fully saturated rings. The second kappa shape index (κ2) is 8.36. The number of hydrogen-bond acceptors (Lipinski definition) is 3. The first-order valence-corrected chi connectivity index (χ1v) is 7.44. The van der Waals surface area contributed by atoms with Crippen molar-refractivity contribution < 1.29 is 4.74 Å². The van der Waals surface area contributed by atoms with Gasteiger partial charge in [-0.3, -0.25) is 5.43 Å². The summed E-state index contributed by atoms with van der Waals surface area (Å²) in [5.41, 5.74) is 4.57. The summed E-state index contributed by atoms with van der Waals surface area (Å²) in [5.74, 6) is 0.739. The minimum absolute atomic E-state index is 0.438. The van der Waals surface area contributed by atoms with Crippen molar-refractivity contribution in [3.8, 4) is 5.75 Å². The Morgan fingerprint density at radius 1 is 1.27 bits per heavy atom. The standard InChI is InChI=1S/C16H16ClN3OS/c1-18-16(22)20-19-10-13-6-2-3-8-15(13)21-11-12-5-4-7-14(17)9-12/h2-10H,11H2,1H3,(H2,18,20,22). The van der Waals surface area contributed by atoms with Gasteiger partial charge in [-0.25, -0.2) is 0 Å². The van der Waals surface area contributed by atoms with Gasteiger partial charge in [0.15, 0.2) is 5.11 Å². The van der Waals surface area contributed by atoms with Gasteiger partial charge in [0.2, 0.25) is 0 Å². The normalized spacial score (nSPS) is 10.5. The summed E-state index contributed by atoms with van der Waals surface area (Å²) in [7, 11) is 1.73. The van der Waals surface area contributed by atoms with Crippen molar-refractivity contribution >= 4 is 35.1 Å². The van der Waals surface area contributed by atoms with E-state index in [-0.39, 0.29) is 0 Å². The summed E-state index contributed by atoms with van der Waals surface area (Å²) in [5, 5.41) is 7.99. The molecule has 0 aliphatic heterocycles. The van der Waals surface area contributed by atoms with Gasteiger partial charge >= 0.3 is 0 Å². The third kappa shape index (κ3) is 5.02. The summed E-state index contributed by atoms with van der Waals surface area (Å²) >= 11 is 10.9. The molecule has 0 aliphatic rings. The van der Waals surface area contributed by atoms with Crippen LogP contribution < -0.4 is 15.5 Å². The van der Waals surface area contributed by atoms with Crippen LogP contribution in [0.3, 0.4) is 0 Å². The molecule has 0 amide bonds. The number of hydrogen-bond donors (Lipinski definition) is 2. The number of nitrogens with one attached hydrogen (secondary N) is 2. The predicted molar refractivity (Wildman–Crippen MR) is 94.6 cm³/mol. The SMILES string of the molecule is CNC(=S)NN=Cc1ccccc1OCc1cccc(Cl)c1. The molecule has 2 rings (SSSR count). The maximum atomic E-state index is 5.97. The molecule has 0 aliphatic carbocycles. The number of thiocarbonyl (C=S) groups is 1. The molecule has 0 aromatic heterocycles. The lowest BCUT2D eigenvalue weighted by Gasteiger charge is -2.09. The van der Waals surface area contributed by atoms with Gasteiger partial charge in [0.25, 0.3) is 0 Å². The lowest BCUT2D eigenvalue weighted by atomic mass is 10.2. The zero-order valence-corrected chi connectivity index (χ0v) is 13.6. The van der Waals surface area contributed by atoms with Crippen LogP contribution in [-0.2, 0) is 6.61 Å². The Labute approximate surface area is 140 Å². The zero-order chi connectivity index (χ0) is 15.8. The van der Waals surface area contributed by atoms with Crippen molar-refractivity contribution in [2.45, 2.75) is 6.61 Å². The highest BCUT2D eigenvalue weighted by Crippen LogP contribution is 2.18. The van der Waals surface area contributed by atoms with E-state index in [1.165, 1.54) is 0 Å². The van der Waals surface area contributed by atoms with Crippen LogP contribution in [-0.4, -0.2) is 18.4 Å². The molecule has 0 saturated carbocycles. The fourth-order valence-electron chi connectivity index (χ4n) is 1.72. The second-order valence-corrected chi connectivity index (χ2v) is 5.25. The Bertz CT molecular complexity index is 676. The topological polar surface area (TPSA) is 45.7 Å². The molecule has 2 aromatic carbocycles. The van der Waals surface area contributed by atoms with Gasteiger partial charge < -0.3 is 10.1 Å². The van der Waals surface area contributed by atoms with Gasteiger partial charge in [0.1, 0.15) is 12.4 Å². The van der Waals surface area contributed by atoms with Crippen LogP contribution in [0.15, 0.2) is 53.6 Å². The zero-order valence-electron chi connectivity index (χ0n) is 12.0. The smallest absolute Gasteiger partial charge is 0.186 e. The summed E-state index contributed by atoms with van der Waals surface area (Å²) in [6, 6.07) is 15.2. The second-order valence-electron chi connectivity index (χ2n) is 4.41. The maximum absolute atomic E-state index is 5.97. The minimum atomic E-state index is 0.438. The quantitative estimate of drug-likeness (QED) is 0.500. The largest absolute Gasteiger partial charge is 0.488 e. The van der Waals surface area contributed by atoms with Crippen molar-refractivity contribution in [3.05, 3.63) is 64.7 Å². The van der Waals surface area contributed by atoms with Gasteiger partial charge in [-0.05, 0) is 42.0 Å². The van der Waals surface area contributed by atoms with E-state index in [9.17, 15) is 0 Å².